The molecule has 1 atom stereocenters. The second kappa shape index (κ2) is 23.2. The van der Waals surface area contributed by atoms with E-state index in [0.29, 0.717) is 71.0 Å². The van der Waals surface area contributed by atoms with Crippen molar-refractivity contribution in [3.05, 3.63) is 30.1 Å². The zero-order valence-corrected chi connectivity index (χ0v) is 32.9. The van der Waals surface area contributed by atoms with Gasteiger partial charge < -0.3 is 30.0 Å². The van der Waals surface area contributed by atoms with Crippen molar-refractivity contribution in [2.75, 3.05) is 71.9 Å². The molecule has 3 heterocycles. The molecule has 0 saturated carbocycles. The minimum absolute atomic E-state index is 0.0408. The van der Waals surface area contributed by atoms with Gasteiger partial charge in [-0.05, 0) is 45.7 Å². The molecule has 2 aromatic heterocycles. The van der Waals surface area contributed by atoms with Gasteiger partial charge in [-0.2, -0.15) is 0 Å². The normalized spacial score (nSPS) is 14.2. The van der Waals surface area contributed by atoms with Gasteiger partial charge in [-0.15, -0.1) is 0 Å². The molecule has 1 saturated heterocycles. The number of hydrogen-bond donors (Lipinski definition) is 2. The van der Waals surface area contributed by atoms with Crippen molar-refractivity contribution in [1.82, 2.24) is 29.7 Å². The van der Waals surface area contributed by atoms with Gasteiger partial charge in [0.1, 0.15) is 28.7 Å². The summed E-state index contributed by atoms with van der Waals surface area (Å²) >= 11 is 0. The number of aromatic nitrogens is 3. The molecule has 0 bridgehead atoms. The Balaban J connectivity index is 1.04. The van der Waals surface area contributed by atoms with Gasteiger partial charge in [-0.1, -0.05) is 44.4 Å². The Labute approximate surface area is 320 Å². The number of ether oxygens (including phenoxy) is 2. The van der Waals surface area contributed by atoms with Crippen LogP contribution < -0.4 is 11.1 Å². The highest BCUT2D eigenvalue weighted by Crippen LogP contribution is 2.29. The van der Waals surface area contributed by atoms with Gasteiger partial charge in [0.15, 0.2) is 5.82 Å². The third-order valence-electron chi connectivity index (χ3n) is 10.4. The Morgan fingerprint density at radius 2 is 1.54 bits per heavy atom. The van der Waals surface area contributed by atoms with Crippen LogP contribution in [0.15, 0.2) is 24.3 Å². The fourth-order valence-electron chi connectivity index (χ4n) is 7.07. The summed E-state index contributed by atoms with van der Waals surface area (Å²) in [5, 5.41) is 4.08. The maximum Gasteiger partial charge on any atom is 0.223 e. The standard InChI is InChI=1S/C41H63N7O6/c1-4-5-17-37-45-39-40(34-14-9-10-16-36(34)44-41(39)42)48(37)26-23-46-21-24-47(25-22-46)38(52)19-18-32(50)13-11-27-53-29-30-54-28-20-33(51)12-7-6-8-15-35(43-3)31(2)49/h9-10,14,16,35,43H,4-8,11-13,15,17-30H2,1-3H3,(H2,42,44). The molecule has 0 radical (unpaired) electrons. The molecule has 3 aromatic rings. The van der Waals surface area contributed by atoms with Gasteiger partial charge in [0, 0.05) is 89.8 Å². The first kappa shape index (κ1) is 43.0. The van der Waals surface area contributed by atoms with Crippen molar-refractivity contribution >= 4 is 51.0 Å². The smallest absolute Gasteiger partial charge is 0.223 e. The fraction of sp³-hybridized carbons (Fsp3) is 0.659. The van der Waals surface area contributed by atoms with Crippen molar-refractivity contribution in [2.45, 2.75) is 110 Å². The zero-order chi connectivity index (χ0) is 38.7. The fourth-order valence-corrected chi connectivity index (χ4v) is 7.07. The van der Waals surface area contributed by atoms with Crippen molar-refractivity contribution in [3.8, 4) is 0 Å². The molecule has 1 aliphatic rings. The highest BCUT2D eigenvalue weighted by Gasteiger charge is 2.23. The minimum Gasteiger partial charge on any atom is -0.382 e. The third-order valence-corrected chi connectivity index (χ3v) is 10.4. The molecular formula is C41H63N7O6. The van der Waals surface area contributed by atoms with Crippen molar-refractivity contribution in [3.63, 3.8) is 0 Å². The number of ketones is 3. The molecule has 1 aliphatic heterocycles. The molecule has 1 unspecified atom stereocenters. The lowest BCUT2D eigenvalue weighted by Gasteiger charge is -2.35. The number of carbonyl (C=O) groups is 4. The quantitative estimate of drug-likeness (QED) is 0.102. The first-order valence-electron chi connectivity index (χ1n) is 20.1. The number of nitrogens with two attached hydrogens (primary N) is 1. The molecule has 4 rings (SSSR count). The number of nitrogens with zero attached hydrogens (tertiary/aromatic N) is 5. The molecular weight excluding hydrogens is 686 g/mol. The number of benzene rings is 1. The van der Waals surface area contributed by atoms with E-state index in [2.05, 4.69) is 32.8 Å². The number of rotatable bonds is 27. The second-order valence-corrected chi connectivity index (χ2v) is 14.4. The van der Waals surface area contributed by atoms with Crippen LogP contribution in [0.1, 0.15) is 96.7 Å². The third kappa shape index (κ3) is 13.5. The van der Waals surface area contributed by atoms with E-state index >= 15 is 0 Å². The van der Waals surface area contributed by atoms with Crippen molar-refractivity contribution in [1.29, 1.82) is 0 Å². The number of carbonyl (C=O) groups excluding carboxylic acids is 4. The molecule has 1 amide bonds. The van der Waals surface area contributed by atoms with Crippen LogP contribution >= 0.6 is 0 Å². The Morgan fingerprint density at radius 3 is 2.28 bits per heavy atom. The van der Waals surface area contributed by atoms with Gasteiger partial charge in [0.05, 0.1) is 36.9 Å². The van der Waals surface area contributed by atoms with Crippen LogP contribution in [0.4, 0.5) is 5.82 Å². The van der Waals surface area contributed by atoms with Crippen LogP contribution in [0.3, 0.4) is 0 Å². The van der Waals surface area contributed by atoms with Crippen LogP contribution in [-0.4, -0.2) is 120 Å². The zero-order valence-electron chi connectivity index (χ0n) is 32.9. The summed E-state index contributed by atoms with van der Waals surface area (Å²) in [6.45, 7) is 9.97. The number of anilines is 1. The first-order valence-corrected chi connectivity index (χ1v) is 20.1. The van der Waals surface area contributed by atoms with Crippen LogP contribution in [0, 0.1) is 0 Å². The maximum absolute atomic E-state index is 12.9. The predicted octanol–water partition coefficient (Wildman–Crippen LogP) is 4.90. The Kier molecular flexibility index (Phi) is 18.5. The number of aryl methyl sites for hydroxylation is 1. The number of nitrogen functional groups attached to an aromatic ring is 1. The van der Waals surface area contributed by atoms with Crippen LogP contribution in [0.2, 0.25) is 0 Å². The van der Waals surface area contributed by atoms with Gasteiger partial charge in [-0.25, -0.2) is 9.97 Å². The summed E-state index contributed by atoms with van der Waals surface area (Å²) in [5.74, 6) is 1.97. The molecule has 1 aromatic carbocycles. The summed E-state index contributed by atoms with van der Waals surface area (Å²) < 4.78 is 13.4. The molecule has 13 heteroatoms. The molecule has 0 spiro atoms. The van der Waals surface area contributed by atoms with Gasteiger partial charge in [0.25, 0.3) is 0 Å². The summed E-state index contributed by atoms with van der Waals surface area (Å²) in [4.78, 5) is 62.7. The van der Waals surface area contributed by atoms with Crippen LogP contribution in [0.5, 0.6) is 0 Å². The predicted molar refractivity (Wildman–Crippen MR) is 212 cm³/mol. The number of piperazine rings is 1. The largest absolute Gasteiger partial charge is 0.382 e. The molecule has 13 nitrogen and oxygen atoms in total. The van der Waals surface area contributed by atoms with E-state index in [4.69, 9.17) is 20.2 Å². The number of pyridine rings is 1. The lowest BCUT2D eigenvalue weighted by atomic mass is 10.0. The molecule has 0 aliphatic carbocycles. The number of likely N-dealkylation sites (N-methyl/N-ethyl adjacent to an activating group) is 1. The highest BCUT2D eigenvalue weighted by atomic mass is 16.5. The number of fused-ring (bicyclic) bond motifs is 3. The molecule has 3 N–H and O–H groups in total. The monoisotopic (exact) mass is 749 g/mol. The van der Waals surface area contributed by atoms with Crippen molar-refractivity contribution < 1.29 is 28.7 Å². The number of amides is 1. The summed E-state index contributed by atoms with van der Waals surface area (Å²) in [6.07, 6.45) is 8.95. The van der Waals surface area contributed by atoms with Crippen molar-refractivity contribution in [2.24, 2.45) is 0 Å². The topological polar surface area (TPSA) is 162 Å². The van der Waals surface area contributed by atoms with E-state index in [-0.39, 0.29) is 42.1 Å². The number of unbranched alkanes of at least 4 members (excludes halogenated alkanes) is 3. The van der Waals surface area contributed by atoms with Gasteiger partial charge in [-0.3, -0.25) is 24.1 Å². The Bertz CT molecular complexity index is 1650. The van der Waals surface area contributed by atoms with E-state index in [1.807, 2.05) is 23.1 Å². The van der Waals surface area contributed by atoms with Gasteiger partial charge >= 0.3 is 0 Å². The number of imidazole rings is 1. The van der Waals surface area contributed by atoms with E-state index in [1.54, 1.807) is 14.0 Å². The number of Topliss-reactive ketones (excluding diaryl/α,β-unsaturated/α-hetero) is 3. The number of nitrogens with one attached hydrogen (secondary N) is 1. The lowest BCUT2D eigenvalue weighted by Crippen LogP contribution is -2.49. The van der Waals surface area contributed by atoms with E-state index in [0.717, 1.165) is 98.9 Å². The first-order chi connectivity index (χ1) is 26.2. The van der Waals surface area contributed by atoms with E-state index in [9.17, 15) is 19.2 Å². The van der Waals surface area contributed by atoms with Crippen LogP contribution in [-0.2, 0) is 41.6 Å². The summed E-state index contributed by atoms with van der Waals surface area (Å²) in [6, 6.07) is 7.99. The van der Waals surface area contributed by atoms with E-state index in [1.165, 1.54) is 0 Å². The SMILES string of the molecule is CCCCc1nc2c(N)nc3ccccc3c2n1CCN1CCN(C(=O)CCC(=O)CCCOCCOCCC(=O)CCCCCC(NC)C(C)=O)CC1. The van der Waals surface area contributed by atoms with Crippen LogP contribution in [0.25, 0.3) is 21.9 Å². The minimum atomic E-state index is -0.0922. The Hall–Kier alpha value is -3.78. The number of hydrogen-bond acceptors (Lipinski definition) is 11. The Morgan fingerprint density at radius 1 is 0.815 bits per heavy atom. The second-order valence-electron chi connectivity index (χ2n) is 14.4. The summed E-state index contributed by atoms with van der Waals surface area (Å²) in [7, 11) is 1.80. The average molecular weight is 750 g/mol. The number of para-hydroxylation sites is 1. The average Bonchev–Trinajstić information content (AvgIpc) is 3.55. The molecule has 54 heavy (non-hydrogen) atoms. The highest BCUT2D eigenvalue weighted by molar-refractivity contribution is 6.06. The summed E-state index contributed by atoms with van der Waals surface area (Å²) in [5.41, 5.74) is 9.06. The molecule has 298 valence electrons. The maximum atomic E-state index is 12.9. The molecule has 1 fully saturated rings. The lowest BCUT2D eigenvalue weighted by molar-refractivity contribution is -0.134. The van der Waals surface area contributed by atoms with E-state index < -0.39 is 0 Å². The van der Waals surface area contributed by atoms with Gasteiger partial charge in [0.2, 0.25) is 5.91 Å².